The van der Waals surface area contributed by atoms with E-state index in [1.165, 1.54) is 22.3 Å². The van der Waals surface area contributed by atoms with E-state index in [2.05, 4.69) is 15.5 Å². The fourth-order valence-corrected chi connectivity index (χ4v) is 5.34. The highest BCUT2D eigenvalue weighted by Crippen LogP contribution is 2.22. The number of aromatic amines is 1. The molecule has 4 N–H and O–H groups in total. The lowest BCUT2D eigenvalue weighted by Crippen LogP contribution is -2.52. The largest absolute Gasteiger partial charge is 0.368 e. The van der Waals surface area contributed by atoms with E-state index >= 15 is 0 Å². The van der Waals surface area contributed by atoms with Crippen molar-refractivity contribution in [2.75, 3.05) is 36.8 Å². The molecule has 2 aromatic rings. The van der Waals surface area contributed by atoms with Gasteiger partial charge in [0.2, 0.25) is 21.8 Å². The van der Waals surface area contributed by atoms with Gasteiger partial charge in [-0.15, -0.1) is 0 Å². The van der Waals surface area contributed by atoms with Crippen LogP contribution in [0, 0.1) is 5.92 Å². The number of hydrogen-bond acceptors (Lipinski definition) is 6. The molecule has 1 aromatic carbocycles. The van der Waals surface area contributed by atoms with E-state index in [0.29, 0.717) is 26.2 Å². The van der Waals surface area contributed by atoms with Crippen molar-refractivity contribution in [1.29, 1.82) is 0 Å². The molecule has 2 unspecified atom stereocenters. The van der Waals surface area contributed by atoms with Crippen molar-refractivity contribution in [3.05, 3.63) is 48.2 Å². The molecule has 1 aromatic heterocycles. The number of rotatable bonds is 9. The fraction of sp³-hybridized carbons (Fsp3) is 0.450. The molecule has 1 saturated heterocycles. The first-order valence-electron chi connectivity index (χ1n) is 10.1. The number of H-pyrrole nitrogens is 1. The summed E-state index contributed by atoms with van der Waals surface area (Å²) in [4.78, 5) is 26.7. The Bertz CT molecular complexity index is 974. The summed E-state index contributed by atoms with van der Waals surface area (Å²) in [5, 5.41) is 9.66. The molecule has 0 aliphatic carbocycles. The molecule has 0 bridgehead atoms. The third-order valence-corrected chi connectivity index (χ3v) is 7.31. The summed E-state index contributed by atoms with van der Waals surface area (Å²) in [6.45, 7) is 3.35. The van der Waals surface area contributed by atoms with Crippen LogP contribution in [0.1, 0.15) is 12.5 Å². The van der Waals surface area contributed by atoms with Gasteiger partial charge >= 0.3 is 0 Å². The van der Waals surface area contributed by atoms with Gasteiger partial charge in [-0.3, -0.25) is 19.6 Å². The number of amides is 2. The zero-order valence-corrected chi connectivity index (χ0v) is 18.2. The first-order valence-corrected chi connectivity index (χ1v) is 11.7. The van der Waals surface area contributed by atoms with Crippen molar-refractivity contribution in [3.8, 4) is 0 Å². The topological polar surface area (TPSA) is 141 Å². The Balaban J connectivity index is 1.93. The average Bonchev–Trinajstić information content (AvgIpc) is 3.29. The molecule has 0 saturated carbocycles. The number of hydrogen-bond donors (Lipinski definition) is 3. The van der Waals surface area contributed by atoms with E-state index < -0.39 is 33.8 Å². The Morgan fingerprint density at radius 3 is 2.45 bits per heavy atom. The maximum Gasteiger partial charge on any atom is 0.240 e. The lowest BCUT2D eigenvalue weighted by atomic mass is 9.99. The van der Waals surface area contributed by atoms with Crippen LogP contribution in [-0.2, 0) is 26.0 Å². The molecule has 0 spiro atoms. The summed E-state index contributed by atoms with van der Waals surface area (Å²) in [7, 11) is -3.69. The summed E-state index contributed by atoms with van der Waals surface area (Å²) in [6.07, 6.45) is 1.66. The number of primary amides is 1. The number of carbonyl (C=O) groups is 2. The quantitative estimate of drug-likeness (QED) is 0.481. The average molecular weight is 449 g/mol. The molecule has 2 atom stereocenters. The first-order chi connectivity index (χ1) is 14.8. The number of benzene rings is 1. The maximum atomic E-state index is 13.6. The molecule has 10 nitrogen and oxygen atoms in total. The normalized spacial score (nSPS) is 17.1. The highest BCUT2D eigenvalue weighted by molar-refractivity contribution is 7.89. The van der Waals surface area contributed by atoms with Gasteiger partial charge < -0.3 is 11.1 Å². The zero-order valence-electron chi connectivity index (χ0n) is 17.4. The summed E-state index contributed by atoms with van der Waals surface area (Å²) < 4.78 is 27.6. The third kappa shape index (κ3) is 5.69. The molecule has 1 aliphatic rings. The molecule has 1 aliphatic heterocycles. The minimum atomic E-state index is -3.69. The van der Waals surface area contributed by atoms with Crippen molar-refractivity contribution in [1.82, 2.24) is 19.8 Å². The van der Waals surface area contributed by atoms with Gasteiger partial charge in [-0.2, -0.15) is 9.40 Å². The van der Waals surface area contributed by atoms with E-state index in [1.54, 1.807) is 6.07 Å². The molecule has 11 heteroatoms. The molecule has 1 fully saturated rings. The van der Waals surface area contributed by atoms with E-state index in [0.717, 1.165) is 5.56 Å². The molecule has 0 radical (unpaired) electrons. The van der Waals surface area contributed by atoms with Crippen LogP contribution in [-0.4, -0.2) is 72.7 Å². The van der Waals surface area contributed by atoms with Gasteiger partial charge in [-0.1, -0.05) is 30.3 Å². The molecular formula is C20H28N6O4S. The van der Waals surface area contributed by atoms with Gasteiger partial charge in [0, 0.05) is 32.2 Å². The summed E-state index contributed by atoms with van der Waals surface area (Å²) in [6, 6.07) is 9.77. The second kappa shape index (κ2) is 10.0. The van der Waals surface area contributed by atoms with E-state index in [1.807, 2.05) is 30.3 Å². The summed E-state index contributed by atoms with van der Waals surface area (Å²) in [5.41, 5.74) is 6.30. The van der Waals surface area contributed by atoms with Crippen LogP contribution in [0.15, 0.2) is 42.6 Å². The van der Waals surface area contributed by atoms with Crippen LogP contribution in [0.4, 0.5) is 5.82 Å². The Morgan fingerprint density at radius 1 is 1.19 bits per heavy atom. The SMILES string of the molecule is CC(C(N)=O)N(C(=O)C(Cc1ccccc1)CS(=O)(=O)N1CCNCC1)c1ccn[nH]1. The van der Waals surface area contributed by atoms with Gasteiger partial charge in [0.1, 0.15) is 11.9 Å². The van der Waals surface area contributed by atoms with E-state index in [4.69, 9.17) is 5.73 Å². The number of nitrogens with one attached hydrogen (secondary N) is 2. The second-order valence-corrected chi connectivity index (χ2v) is 9.56. The monoisotopic (exact) mass is 448 g/mol. The molecule has 3 rings (SSSR count). The first kappa shape index (κ1) is 22.9. The number of nitrogens with two attached hydrogens (primary N) is 1. The van der Waals surface area contributed by atoms with Crippen LogP contribution >= 0.6 is 0 Å². The molecular weight excluding hydrogens is 420 g/mol. The van der Waals surface area contributed by atoms with Crippen LogP contribution in [0.25, 0.3) is 0 Å². The third-order valence-electron chi connectivity index (χ3n) is 5.34. The lowest BCUT2D eigenvalue weighted by Gasteiger charge is -2.32. The molecule has 168 valence electrons. The summed E-state index contributed by atoms with van der Waals surface area (Å²) in [5.74, 6) is -2.19. The van der Waals surface area contributed by atoms with Gasteiger partial charge in [0.05, 0.1) is 17.9 Å². The highest BCUT2D eigenvalue weighted by atomic mass is 32.2. The number of anilines is 1. The van der Waals surface area contributed by atoms with Crippen LogP contribution in [0.5, 0.6) is 0 Å². The highest BCUT2D eigenvalue weighted by Gasteiger charge is 2.36. The predicted molar refractivity (Wildman–Crippen MR) is 117 cm³/mol. The molecule has 31 heavy (non-hydrogen) atoms. The number of piperazine rings is 1. The van der Waals surface area contributed by atoms with Crippen LogP contribution in [0.2, 0.25) is 0 Å². The number of nitrogens with zero attached hydrogens (tertiary/aromatic N) is 3. The fourth-order valence-electron chi connectivity index (χ4n) is 3.62. The zero-order chi connectivity index (χ0) is 22.4. The van der Waals surface area contributed by atoms with Crippen LogP contribution in [0.3, 0.4) is 0 Å². The number of carbonyl (C=O) groups excluding carboxylic acids is 2. The number of sulfonamides is 1. The Kier molecular flexibility index (Phi) is 7.42. The van der Waals surface area contributed by atoms with Crippen LogP contribution < -0.4 is 16.0 Å². The second-order valence-electron chi connectivity index (χ2n) is 7.54. The summed E-state index contributed by atoms with van der Waals surface area (Å²) >= 11 is 0. The standard InChI is InChI=1S/C20H28N6O4S/c1-15(19(21)27)26(18-7-8-23-24-18)20(28)17(13-16-5-3-2-4-6-16)14-31(29,30)25-11-9-22-10-12-25/h2-8,15,17,22H,9-14H2,1H3,(H2,21,27)(H,23,24). The van der Waals surface area contributed by atoms with Crippen molar-refractivity contribution in [2.45, 2.75) is 19.4 Å². The van der Waals surface area contributed by atoms with Gasteiger partial charge in [0.25, 0.3) is 0 Å². The van der Waals surface area contributed by atoms with E-state index in [9.17, 15) is 18.0 Å². The minimum Gasteiger partial charge on any atom is -0.368 e. The Hall–Kier alpha value is -2.76. The van der Waals surface area contributed by atoms with Gasteiger partial charge in [-0.25, -0.2) is 8.42 Å². The van der Waals surface area contributed by atoms with Crippen molar-refractivity contribution in [2.24, 2.45) is 11.7 Å². The van der Waals surface area contributed by atoms with Gasteiger partial charge in [0.15, 0.2) is 0 Å². The van der Waals surface area contributed by atoms with Crippen molar-refractivity contribution in [3.63, 3.8) is 0 Å². The van der Waals surface area contributed by atoms with E-state index in [-0.39, 0.29) is 18.0 Å². The smallest absolute Gasteiger partial charge is 0.240 e. The molecule has 2 heterocycles. The lowest BCUT2D eigenvalue weighted by molar-refractivity contribution is -0.126. The number of aromatic nitrogens is 2. The molecule has 2 amide bonds. The van der Waals surface area contributed by atoms with Gasteiger partial charge in [-0.05, 0) is 18.9 Å². The Labute approximate surface area is 181 Å². The minimum absolute atomic E-state index is 0.209. The van der Waals surface area contributed by atoms with Crippen molar-refractivity contribution < 1.29 is 18.0 Å². The maximum absolute atomic E-state index is 13.6. The van der Waals surface area contributed by atoms with Crippen molar-refractivity contribution >= 4 is 27.7 Å². The Morgan fingerprint density at radius 2 is 1.87 bits per heavy atom. The predicted octanol–water partition coefficient (Wildman–Crippen LogP) is -0.290.